The summed E-state index contributed by atoms with van der Waals surface area (Å²) in [7, 11) is 1.97. The normalized spacial score (nSPS) is 11.4. The first kappa shape index (κ1) is 20.4. The largest absolute Gasteiger partial charge is 0.435 e. The fraction of sp³-hybridized carbons (Fsp3) is 0.316. The lowest BCUT2D eigenvalue weighted by atomic mass is 10.3. The van der Waals surface area contributed by atoms with Crippen LogP contribution in [0.1, 0.15) is 28.4 Å². The molecule has 0 atom stereocenters. The number of benzene rings is 1. The highest BCUT2D eigenvalue weighted by atomic mass is 19.4. The van der Waals surface area contributed by atoms with Crippen molar-refractivity contribution in [3.05, 3.63) is 65.8 Å². The Morgan fingerprint density at radius 1 is 1.24 bits per heavy atom. The molecular weight excluding hydrogens is 387 g/mol. The molecular formula is C19H20F3N5O2. The number of rotatable bonds is 8. The number of para-hydroxylation sites is 1. The zero-order valence-corrected chi connectivity index (χ0v) is 15.7. The van der Waals surface area contributed by atoms with Gasteiger partial charge in [0.15, 0.2) is 17.1 Å². The molecule has 3 aromatic rings. The average molecular weight is 407 g/mol. The maximum atomic E-state index is 12.6. The summed E-state index contributed by atoms with van der Waals surface area (Å²) in [5.41, 5.74) is 0.169. The number of anilines is 1. The van der Waals surface area contributed by atoms with Gasteiger partial charge in [-0.2, -0.15) is 18.3 Å². The fourth-order valence-electron chi connectivity index (χ4n) is 2.68. The molecule has 0 fully saturated rings. The summed E-state index contributed by atoms with van der Waals surface area (Å²) in [6, 6.07) is 12.1. The van der Waals surface area contributed by atoms with Gasteiger partial charge in [-0.05, 0) is 24.6 Å². The van der Waals surface area contributed by atoms with Crippen LogP contribution in [-0.2, 0) is 12.7 Å². The van der Waals surface area contributed by atoms with Gasteiger partial charge in [-0.15, -0.1) is 0 Å². The van der Waals surface area contributed by atoms with E-state index in [0.29, 0.717) is 6.54 Å². The first-order valence-corrected chi connectivity index (χ1v) is 8.93. The van der Waals surface area contributed by atoms with Crippen LogP contribution in [0.5, 0.6) is 0 Å². The topological polar surface area (TPSA) is 76.2 Å². The summed E-state index contributed by atoms with van der Waals surface area (Å²) in [4.78, 5) is 14.2. The van der Waals surface area contributed by atoms with E-state index < -0.39 is 17.8 Å². The third-order valence-corrected chi connectivity index (χ3v) is 4.19. The third kappa shape index (κ3) is 5.59. The molecule has 2 aromatic heterocycles. The van der Waals surface area contributed by atoms with E-state index in [-0.39, 0.29) is 18.0 Å². The summed E-state index contributed by atoms with van der Waals surface area (Å²) < 4.78 is 43.8. The van der Waals surface area contributed by atoms with E-state index in [4.69, 9.17) is 4.52 Å². The lowest BCUT2D eigenvalue weighted by molar-refractivity contribution is -0.141. The Hall–Kier alpha value is -3.30. The number of amides is 1. The summed E-state index contributed by atoms with van der Waals surface area (Å²) >= 11 is 0. The van der Waals surface area contributed by atoms with Crippen LogP contribution in [0.4, 0.5) is 18.9 Å². The summed E-state index contributed by atoms with van der Waals surface area (Å²) in [6.45, 7) is 1.15. The second-order valence-electron chi connectivity index (χ2n) is 6.44. The van der Waals surface area contributed by atoms with E-state index >= 15 is 0 Å². The van der Waals surface area contributed by atoms with Crippen LogP contribution in [0, 0.1) is 0 Å². The second-order valence-corrected chi connectivity index (χ2v) is 6.44. The number of nitrogens with one attached hydrogen (secondary N) is 1. The molecule has 0 radical (unpaired) electrons. The predicted molar refractivity (Wildman–Crippen MR) is 99.5 cm³/mol. The monoisotopic (exact) mass is 407 g/mol. The van der Waals surface area contributed by atoms with Crippen molar-refractivity contribution >= 4 is 11.6 Å². The van der Waals surface area contributed by atoms with Gasteiger partial charge in [0.2, 0.25) is 0 Å². The van der Waals surface area contributed by atoms with E-state index in [2.05, 4.69) is 20.5 Å². The quantitative estimate of drug-likeness (QED) is 0.581. The molecule has 0 unspecified atom stereocenters. The fourth-order valence-corrected chi connectivity index (χ4v) is 2.68. The van der Waals surface area contributed by atoms with Gasteiger partial charge in [-0.3, -0.25) is 9.48 Å². The highest BCUT2D eigenvalue weighted by Crippen LogP contribution is 2.27. The average Bonchev–Trinajstić information content (AvgIpc) is 3.35. The number of carbonyl (C=O) groups excluding carboxylic acids is 1. The molecule has 154 valence electrons. The molecule has 1 N–H and O–H groups in total. The van der Waals surface area contributed by atoms with Crippen LogP contribution >= 0.6 is 0 Å². The summed E-state index contributed by atoms with van der Waals surface area (Å²) in [6.07, 6.45) is -2.59. The van der Waals surface area contributed by atoms with Crippen LogP contribution in [0.3, 0.4) is 0 Å². The molecule has 10 heteroatoms. The minimum atomic E-state index is -4.51. The molecule has 0 spiro atoms. The van der Waals surface area contributed by atoms with Crippen molar-refractivity contribution in [1.82, 2.24) is 20.3 Å². The van der Waals surface area contributed by atoms with Gasteiger partial charge in [0, 0.05) is 38.1 Å². The summed E-state index contributed by atoms with van der Waals surface area (Å²) in [5, 5.41) is 9.85. The molecule has 2 heterocycles. The van der Waals surface area contributed by atoms with Gasteiger partial charge >= 0.3 is 6.18 Å². The lowest BCUT2D eigenvalue weighted by Crippen LogP contribution is -2.28. The maximum absolute atomic E-state index is 12.6. The Morgan fingerprint density at radius 2 is 2.00 bits per heavy atom. The Balaban J connectivity index is 1.45. The van der Waals surface area contributed by atoms with Crippen LogP contribution < -0.4 is 10.2 Å². The van der Waals surface area contributed by atoms with Crippen molar-refractivity contribution in [2.24, 2.45) is 0 Å². The Bertz CT molecular complexity index is 937. The molecule has 1 amide bonds. The van der Waals surface area contributed by atoms with Crippen molar-refractivity contribution in [2.45, 2.75) is 19.1 Å². The van der Waals surface area contributed by atoms with Crippen LogP contribution in [0.2, 0.25) is 0 Å². The third-order valence-electron chi connectivity index (χ3n) is 4.19. The van der Waals surface area contributed by atoms with Gasteiger partial charge in [0.1, 0.15) is 6.54 Å². The molecule has 3 rings (SSSR count). The first-order chi connectivity index (χ1) is 13.8. The van der Waals surface area contributed by atoms with Crippen molar-refractivity contribution in [2.75, 3.05) is 25.0 Å². The molecule has 0 aliphatic heterocycles. The molecule has 29 heavy (non-hydrogen) atoms. The Kier molecular flexibility index (Phi) is 6.20. The highest BCUT2D eigenvalue weighted by Gasteiger charge is 2.33. The lowest BCUT2D eigenvalue weighted by Gasteiger charge is -2.19. The van der Waals surface area contributed by atoms with Crippen LogP contribution in [0.25, 0.3) is 0 Å². The molecule has 0 bridgehead atoms. The van der Waals surface area contributed by atoms with Gasteiger partial charge in [-0.1, -0.05) is 23.4 Å². The Morgan fingerprint density at radius 3 is 2.69 bits per heavy atom. The standard InChI is InChI=1S/C19H20F3N5O2/c1-26(14-6-3-2-4-7-14)10-5-9-23-18(28)16-12-15(29-25-16)13-27-11-8-17(24-27)19(20,21)22/h2-4,6-8,11-12H,5,9-10,13H2,1H3,(H,23,28). The van der Waals surface area contributed by atoms with Crippen molar-refractivity contribution in [1.29, 1.82) is 0 Å². The summed E-state index contributed by atoms with van der Waals surface area (Å²) in [5.74, 6) is -0.172. The molecule has 0 aliphatic carbocycles. The number of carbonyl (C=O) groups is 1. The van der Waals surface area contributed by atoms with E-state index in [1.165, 1.54) is 12.3 Å². The van der Waals surface area contributed by atoms with Crippen LogP contribution in [-0.4, -0.2) is 41.0 Å². The zero-order chi connectivity index (χ0) is 20.9. The number of nitrogens with zero attached hydrogens (tertiary/aromatic N) is 4. The molecule has 1 aromatic carbocycles. The maximum Gasteiger partial charge on any atom is 0.435 e. The van der Waals surface area contributed by atoms with E-state index in [1.54, 1.807) is 0 Å². The molecule has 0 saturated heterocycles. The number of hydrogen-bond donors (Lipinski definition) is 1. The van der Waals surface area contributed by atoms with Crippen LogP contribution in [0.15, 0.2) is 53.2 Å². The van der Waals surface area contributed by atoms with E-state index in [1.807, 2.05) is 37.4 Å². The number of alkyl halides is 3. The van der Waals surface area contributed by atoms with Gasteiger partial charge < -0.3 is 14.7 Å². The van der Waals surface area contributed by atoms with Gasteiger partial charge in [-0.25, -0.2) is 0 Å². The molecule has 7 nitrogen and oxygen atoms in total. The van der Waals surface area contributed by atoms with Crippen molar-refractivity contribution in [3.63, 3.8) is 0 Å². The molecule has 0 saturated carbocycles. The Labute approximate surface area is 165 Å². The predicted octanol–water partition coefficient (Wildman–Crippen LogP) is 3.19. The number of halogens is 3. The first-order valence-electron chi connectivity index (χ1n) is 8.93. The van der Waals surface area contributed by atoms with Gasteiger partial charge in [0.05, 0.1) is 0 Å². The smallest absolute Gasteiger partial charge is 0.375 e. The minimum absolute atomic E-state index is 0.0573. The van der Waals surface area contributed by atoms with E-state index in [9.17, 15) is 18.0 Å². The second kappa shape index (κ2) is 8.80. The van der Waals surface area contributed by atoms with Gasteiger partial charge in [0.25, 0.3) is 5.91 Å². The van der Waals surface area contributed by atoms with Crippen molar-refractivity contribution in [3.8, 4) is 0 Å². The highest BCUT2D eigenvalue weighted by molar-refractivity contribution is 5.92. The number of aromatic nitrogens is 3. The zero-order valence-electron chi connectivity index (χ0n) is 15.7. The SMILES string of the molecule is CN(CCCNC(=O)c1cc(Cn2ccc(C(F)(F)F)n2)on1)c1ccccc1. The molecule has 0 aliphatic rings. The van der Waals surface area contributed by atoms with E-state index in [0.717, 1.165) is 29.4 Å². The minimum Gasteiger partial charge on any atom is -0.375 e. The van der Waals surface area contributed by atoms with Crippen molar-refractivity contribution < 1.29 is 22.5 Å². The number of hydrogen-bond acceptors (Lipinski definition) is 5.